The quantitative estimate of drug-likeness (QED) is 0.482. The van der Waals surface area contributed by atoms with Crippen LogP contribution in [0.25, 0.3) is 0 Å². The van der Waals surface area contributed by atoms with Crippen LogP contribution >= 0.6 is 44.2 Å². The predicted molar refractivity (Wildman–Crippen MR) is 61.6 cm³/mol. The van der Waals surface area contributed by atoms with Crippen LogP contribution in [0, 0.1) is 0 Å². The summed E-state index contributed by atoms with van der Waals surface area (Å²) in [6, 6.07) is 0. The van der Waals surface area contributed by atoms with Gasteiger partial charge in [0.15, 0.2) is 0 Å². The van der Waals surface area contributed by atoms with Crippen LogP contribution < -0.4 is 5.73 Å². The molecular formula is C6H10INO2S2. The van der Waals surface area contributed by atoms with Crippen molar-refractivity contribution in [2.45, 2.75) is 15.6 Å². The molecule has 0 bridgehead atoms. The summed E-state index contributed by atoms with van der Waals surface area (Å²) in [6.07, 6.45) is 1.59. The number of carbonyl (C=O) groups is 1. The lowest BCUT2D eigenvalue weighted by atomic mass is 10.2. The minimum absolute atomic E-state index is 0.0374. The van der Waals surface area contributed by atoms with Crippen molar-refractivity contribution in [2.75, 3.05) is 12.4 Å². The molecule has 1 amide bonds. The zero-order chi connectivity index (χ0) is 9.03. The number of hydrogen-bond donors (Lipinski definition) is 1. The van der Waals surface area contributed by atoms with Crippen LogP contribution in [0.1, 0.15) is 12.8 Å². The van der Waals surface area contributed by atoms with Gasteiger partial charge in [-0.15, -0.1) is 0 Å². The minimum Gasteiger partial charge on any atom is -0.447 e. The maximum Gasteiger partial charge on any atom is 0.404 e. The summed E-state index contributed by atoms with van der Waals surface area (Å²) in [5.41, 5.74) is 4.89. The highest BCUT2D eigenvalue weighted by Gasteiger charge is 2.31. The van der Waals surface area contributed by atoms with Crippen molar-refractivity contribution in [1.82, 2.24) is 0 Å². The molecule has 70 valence electrons. The van der Waals surface area contributed by atoms with Gasteiger partial charge in [-0.1, -0.05) is 44.2 Å². The van der Waals surface area contributed by atoms with Crippen LogP contribution in [-0.2, 0) is 4.74 Å². The average Bonchev–Trinajstić information content (AvgIpc) is 2.03. The van der Waals surface area contributed by atoms with E-state index in [9.17, 15) is 4.79 Å². The Labute approximate surface area is 93.1 Å². The molecule has 0 aromatic rings. The molecule has 1 aliphatic rings. The Morgan fingerprint density at radius 3 is 3.00 bits per heavy atom. The van der Waals surface area contributed by atoms with Crippen LogP contribution in [0.15, 0.2) is 0 Å². The van der Waals surface area contributed by atoms with Crippen LogP contribution in [0.2, 0.25) is 0 Å². The van der Waals surface area contributed by atoms with Crippen molar-refractivity contribution >= 4 is 50.3 Å². The van der Waals surface area contributed by atoms with Crippen LogP contribution in [-0.4, -0.2) is 21.2 Å². The minimum atomic E-state index is -0.679. The van der Waals surface area contributed by atoms with E-state index in [0.29, 0.717) is 6.61 Å². The number of carbonyl (C=O) groups excluding carboxylic acids is 1. The van der Waals surface area contributed by atoms with Crippen molar-refractivity contribution in [1.29, 1.82) is 0 Å². The number of hydrogen-bond acceptors (Lipinski definition) is 4. The van der Waals surface area contributed by atoms with Gasteiger partial charge < -0.3 is 10.5 Å². The summed E-state index contributed by atoms with van der Waals surface area (Å²) in [5.74, 6) is 1.19. The van der Waals surface area contributed by atoms with Gasteiger partial charge in [-0.25, -0.2) is 4.79 Å². The fourth-order valence-electron chi connectivity index (χ4n) is 0.859. The van der Waals surface area contributed by atoms with E-state index < -0.39 is 6.09 Å². The summed E-state index contributed by atoms with van der Waals surface area (Å²) >= 11 is 2.33. The number of ether oxygens (including phenoxy) is 1. The molecule has 0 saturated carbocycles. The first-order chi connectivity index (χ1) is 5.62. The van der Waals surface area contributed by atoms with Crippen molar-refractivity contribution in [3.05, 3.63) is 0 Å². The molecule has 0 aliphatic carbocycles. The van der Waals surface area contributed by atoms with E-state index in [2.05, 4.69) is 22.6 Å². The molecule has 0 spiro atoms. The molecule has 1 rings (SSSR count). The van der Waals surface area contributed by atoms with Gasteiger partial charge >= 0.3 is 6.09 Å². The van der Waals surface area contributed by atoms with Gasteiger partial charge in [-0.05, 0) is 12.8 Å². The third-order valence-electron chi connectivity index (χ3n) is 1.42. The molecule has 2 N–H and O–H groups in total. The molecule has 0 aromatic heterocycles. The second-order valence-electron chi connectivity index (χ2n) is 2.50. The van der Waals surface area contributed by atoms with Crippen LogP contribution in [0.4, 0.5) is 4.79 Å². The fraction of sp³-hybridized carbons (Fsp3) is 0.833. The first-order valence-electron chi connectivity index (χ1n) is 3.54. The van der Waals surface area contributed by atoms with E-state index in [1.807, 2.05) is 10.8 Å². The number of nitrogens with two attached hydrogens (primary N) is 1. The topological polar surface area (TPSA) is 52.3 Å². The van der Waals surface area contributed by atoms with Gasteiger partial charge in [0.05, 0.1) is 0 Å². The number of rotatable bonds is 2. The first-order valence-corrected chi connectivity index (χ1v) is 6.94. The van der Waals surface area contributed by atoms with Crippen LogP contribution in [0.5, 0.6) is 0 Å². The number of primary amides is 1. The summed E-state index contributed by atoms with van der Waals surface area (Å²) < 4.78 is 4.82. The van der Waals surface area contributed by atoms with Crippen molar-refractivity contribution in [3.8, 4) is 0 Å². The summed E-state index contributed by atoms with van der Waals surface area (Å²) in [6.45, 7) is 0.417. The summed E-state index contributed by atoms with van der Waals surface area (Å²) in [7, 11) is 3.61. The Morgan fingerprint density at radius 1 is 1.75 bits per heavy atom. The summed E-state index contributed by atoms with van der Waals surface area (Å²) in [5, 5.41) is 0. The van der Waals surface area contributed by atoms with E-state index in [1.165, 1.54) is 12.2 Å². The Hall–Kier alpha value is 0.700. The standard InChI is InChI=1S/C6H10INO2S2/c7-6(4-10-5(8)9)2-1-3-11-12-6/h1-4H2,(H2,8,9). The molecule has 1 fully saturated rings. The average molecular weight is 319 g/mol. The molecule has 1 heterocycles. The normalized spacial score (nSPS) is 29.8. The Bertz CT molecular complexity index is 173. The molecule has 12 heavy (non-hydrogen) atoms. The second-order valence-corrected chi connectivity index (χ2v) is 8.10. The lowest BCUT2D eigenvalue weighted by molar-refractivity contribution is 0.155. The maximum atomic E-state index is 10.4. The SMILES string of the molecule is NC(=O)OCC1(I)CCCSS1. The zero-order valence-corrected chi connectivity index (χ0v) is 10.2. The Balaban J connectivity index is 2.31. The Morgan fingerprint density at radius 2 is 2.50 bits per heavy atom. The molecule has 6 heteroatoms. The van der Waals surface area contributed by atoms with E-state index in [-0.39, 0.29) is 2.75 Å². The third kappa shape index (κ3) is 3.61. The Kier molecular flexibility index (Phi) is 4.31. The van der Waals surface area contributed by atoms with E-state index in [0.717, 1.165) is 6.42 Å². The molecule has 0 aromatic carbocycles. The van der Waals surface area contributed by atoms with Gasteiger partial charge in [0.25, 0.3) is 0 Å². The first kappa shape index (κ1) is 10.8. The largest absolute Gasteiger partial charge is 0.447 e. The molecule has 1 aliphatic heterocycles. The molecular weight excluding hydrogens is 309 g/mol. The van der Waals surface area contributed by atoms with Gasteiger partial charge in [-0.2, -0.15) is 0 Å². The van der Waals surface area contributed by atoms with Crippen LogP contribution in [0.3, 0.4) is 0 Å². The fourth-order valence-corrected chi connectivity index (χ4v) is 5.06. The second kappa shape index (κ2) is 4.80. The van der Waals surface area contributed by atoms with Gasteiger partial charge in [0.2, 0.25) is 0 Å². The van der Waals surface area contributed by atoms with Gasteiger partial charge in [0, 0.05) is 5.75 Å². The molecule has 1 saturated heterocycles. The number of halogens is 1. The monoisotopic (exact) mass is 319 g/mol. The lowest BCUT2D eigenvalue weighted by Crippen LogP contribution is -2.28. The van der Waals surface area contributed by atoms with Crippen molar-refractivity contribution in [2.24, 2.45) is 5.73 Å². The molecule has 3 nitrogen and oxygen atoms in total. The highest BCUT2D eigenvalue weighted by molar-refractivity contribution is 14.1. The van der Waals surface area contributed by atoms with Gasteiger partial charge in [-0.3, -0.25) is 0 Å². The number of amides is 1. The summed E-state index contributed by atoms with van der Waals surface area (Å²) in [4.78, 5) is 10.4. The van der Waals surface area contributed by atoms with E-state index in [4.69, 9.17) is 10.5 Å². The number of alkyl halides is 1. The molecule has 0 radical (unpaired) electrons. The van der Waals surface area contributed by atoms with Crippen molar-refractivity contribution < 1.29 is 9.53 Å². The lowest BCUT2D eigenvalue weighted by Gasteiger charge is -2.28. The highest BCUT2D eigenvalue weighted by Crippen LogP contribution is 2.49. The third-order valence-corrected chi connectivity index (χ3v) is 6.83. The zero-order valence-electron chi connectivity index (χ0n) is 6.42. The maximum absolute atomic E-state index is 10.4. The smallest absolute Gasteiger partial charge is 0.404 e. The predicted octanol–water partition coefficient (Wildman–Crippen LogP) is 2.39. The van der Waals surface area contributed by atoms with Crippen molar-refractivity contribution in [3.63, 3.8) is 0 Å². The van der Waals surface area contributed by atoms with E-state index >= 15 is 0 Å². The molecule has 1 unspecified atom stereocenters. The van der Waals surface area contributed by atoms with Gasteiger partial charge in [0.1, 0.15) is 9.36 Å². The highest BCUT2D eigenvalue weighted by atomic mass is 127. The molecule has 1 atom stereocenters. The van der Waals surface area contributed by atoms with E-state index in [1.54, 1.807) is 10.8 Å².